The highest BCUT2D eigenvalue weighted by molar-refractivity contribution is 5.85. The summed E-state index contributed by atoms with van der Waals surface area (Å²) in [7, 11) is 1.70. The van der Waals surface area contributed by atoms with E-state index >= 15 is 0 Å². The van der Waals surface area contributed by atoms with Crippen LogP contribution < -0.4 is 15.4 Å². The zero-order valence-corrected chi connectivity index (χ0v) is 16.5. The van der Waals surface area contributed by atoms with Crippen LogP contribution in [0.25, 0.3) is 0 Å². The molecule has 1 heterocycles. The minimum atomic E-state index is -0.124. The number of fused-ring (bicyclic) bond motifs is 1. The largest absolute Gasteiger partial charge is 0.496 e. The number of hydrogen-bond acceptors (Lipinski definition) is 3. The lowest BCUT2D eigenvalue weighted by Crippen LogP contribution is -2.40. The van der Waals surface area contributed by atoms with Gasteiger partial charge in [-0.1, -0.05) is 36.4 Å². The van der Waals surface area contributed by atoms with Gasteiger partial charge in [0.25, 0.3) is 0 Å². The van der Waals surface area contributed by atoms with E-state index < -0.39 is 0 Å². The molecule has 0 bridgehead atoms. The second-order valence-corrected chi connectivity index (χ2v) is 7.26. The van der Waals surface area contributed by atoms with E-state index in [1.54, 1.807) is 7.11 Å². The molecule has 2 aromatic carbocycles. The molecule has 1 aliphatic heterocycles. The number of methoxy groups -OCH3 is 1. The molecule has 1 fully saturated rings. The Kier molecular flexibility index (Phi) is 6.40. The summed E-state index contributed by atoms with van der Waals surface area (Å²) in [6.45, 7) is 0.517. The topological polar surface area (TPSA) is 50.4 Å². The predicted molar refractivity (Wildman–Crippen MR) is 109 cm³/mol. The van der Waals surface area contributed by atoms with Crippen molar-refractivity contribution >= 4 is 18.3 Å². The Morgan fingerprint density at radius 2 is 1.89 bits per heavy atom. The Balaban J connectivity index is 0.00000210. The van der Waals surface area contributed by atoms with Crippen LogP contribution in [-0.4, -0.2) is 19.1 Å². The second-order valence-electron chi connectivity index (χ2n) is 7.26. The zero-order valence-electron chi connectivity index (χ0n) is 15.7. The van der Waals surface area contributed by atoms with Gasteiger partial charge in [0.2, 0.25) is 5.91 Å². The van der Waals surface area contributed by atoms with Gasteiger partial charge in [-0.3, -0.25) is 10.1 Å². The summed E-state index contributed by atoms with van der Waals surface area (Å²) < 4.78 is 5.54. The molecule has 0 saturated carbocycles. The monoisotopic (exact) mass is 386 g/mol. The fraction of sp³-hybridized carbons (Fsp3) is 0.409. The van der Waals surface area contributed by atoms with Gasteiger partial charge >= 0.3 is 0 Å². The summed E-state index contributed by atoms with van der Waals surface area (Å²) in [5, 5.41) is 6.57. The van der Waals surface area contributed by atoms with Crippen molar-refractivity contribution in [1.29, 1.82) is 0 Å². The number of benzene rings is 2. The first-order valence-electron chi connectivity index (χ1n) is 9.52. The van der Waals surface area contributed by atoms with E-state index in [1.807, 2.05) is 18.2 Å². The molecule has 2 atom stereocenters. The number of nitrogens with one attached hydrogen (secondary N) is 2. The summed E-state index contributed by atoms with van der Waals surface area (Å²) >= 11 is 0. The van der Waals surface area contributed by atoms with Crippen LogP contribution in [0.15, 0.2) is 42.5 Å². The Labute approximate surface area is 167 Å². The molecule has 144 valence electrons. The highest BCUT2D eigenvalue weighted by Crippen LogP contribution is 2.30. The van der Waals surface area contributed by atoms with Gasteiger partial charge in [-0.2, -0.15) is 0 Å². The molecule has 0 radical (unpaired) electrons. The summed E-state index contributed by atoms with van der Waals surface area (Å²) in [6, 6.07) is 14.8. The lowest BCUT2D eigenvalue weighted by atomic mass is 10.0. The van der Waals surface area contributed by atoms with Crippen LogP contribution in [0.3, 0.4) is 0 Å². The third-order valence-electron chi connectivity index (χ3n) is 5.61. The molecule has 1 aliphatic carbocycles. The zero-order chi connectivity index (χ0) is 17.9. The van der Waals surface area contributed by atoms with Crippen molar-refractivity contribution in [3.8, 4) is 5.75 Å². The summed E-state index contributed by atoms with van der Waals surface area (Å²) in [4.78, 5) is 12.6. The van der Waals surface area contributed by atoms with Gasteiger partial charge in [-0.05, 0) is 54.9 Å². The maximum Gasteiger partial charge on any atom is 0.237 e. The third-order valence-corrected chi connectivity index (χ3v) is 5.61. The molecule has 5 heteroatoms. The van der Waals surface area contributed by atoms with Crippen LogP contribution in [0, 0.1) is 0 Å². The summed E-state index contributed by atoms with van der Waals surface area (Å²) in [5.74, 6) is 0.957. The van der Waals surface area contributed by atoms with E-state index in [9.17, 15) is 4.79 Å². The number of halogens is 1. The highest BCUT2D eigenvalue weighted by Gasteiger charge is 2.29. The predicted octanol–water partition coefficient (Wildman–Crippen LogP) is 3.72. The number of hydrogen-bond donors (Lipinski definition) is 2. The van der Waals surface area contributed by atoms with E-state index in [4.69, 9.17) is 4.74 Å². The van der Waals surface area contributed by atoms with Crippen LogP contribution in [0.5, 0.6) is 5.75 Å². The Hall–Kier alpha value is -2.04. The Bertz CT molecular complexity index is 794. The molecule has 0 spiro atoms. The number of carbonyl (C=O) groups excluding carboxylic acids is 1. The van der Waals surface area contributed by atoms with Crippen molar-refractivity contribution < 1.29 is 9.53 Å². The lowest BCUT2D eigenvalue weighted by molar-refractivity contribution is -0.123. The molecule has 2 aliphatic rings. The van der Waals surface area contributed by atoms with Gasteiger partial charge in [0.15, 0.2) is 0 Å². The van der Waals surface area contributed by atoms with Crippen molar-refractivity contribution in [1.82, 2.24) is 10.6 Å². The molecule has 4 rings (SSSR count). The number of rotatable bonds is 5. The molecule has 1 amide bonds. The van der Waals surface area contributed by atoms with Gasteiger partial charge in [-0.15, -0.1) is 12.4 Å². The molecule has 0 unspecified atom stereocenters. The number of amides is 1. The fourth-order valence-corrected chi connectivity index (χ4v) is 4.18. The van der Waals surface area contributed by atoms with Crippen molar-refractivity contribution in [2.45, 2.75) is 50.7 Å². The van der Waals surface area contributed by atoms with Gasteiger partial charge in [-0.25, -0.2) is 0 Å². The maximum absolute atomic E-state index is 12.6. The normalized spacial score (nSPS) is 20.6. The van der Waals surface area contributed by atoms with E-state index in [2.05, 4.69) is 34.9 Å². The van der Waals surface area contributed by atoms with Crippen LogP contribution in [0.4, 0.5) is 0 Å². The molecular weight excluding hydrogens is 360 g/mol. The fourth-order valence-electron chi connectivity index (χ4n) is 4.18. The van der Waals surface area contributed by atoms with E-state index in [-0.39, 0.29) is 30.4 Å². The van der Waals surface area contributed by atoms with Crippen LogP contribution in [-0.2, 0) is 24.2 Å². The van der Waals surface area contributed by atoms with E-state index in [0.29, 0.717) is 6.54 Å². The van der Waals surface area contributed by atoms with Crippen molar-refractivity contribution in [3.63, 3.8) is 0 Å². The van der Waals surface area contributed by atoms with E-state index in [1.165, 1.54) is 23.1 Å². The molecule has 0 aromatic heterocycles. The van der Waals surface area contributed by atoms with Crippen molar-refractivity contribution in [2.24, 2.45) is 0 Å². The second kappa shape index (κ2) is 8.77. The maximum atomic E-state index is 12.6. The van der Waals surface area contributed by atoms with Crippen LogP contribution >= 0.6 is 12.4 Å². The highest BCUT2D eigenvalue weighted by atomic mass is 35.5. The average Bonchev–Trinajstić information content (AvgIpc) is 3.35. The number of carbonyl (C=O) groups is 1. The molecule has 27 heavy (non-hydrogen) atoms. The smallest absolute Gasteiger partial charge is 0.237 e. The third kappa shape index (κ3) is 4.28. The summed E-state index contributed by atoms with van der Waals surface area (Å²) in [6.07, 6.45) is 5.33. The molecule has 1 saturated heterocycles. The summed E-state index contributed by atoms with van der Waals surface area (Å²) in [5.41, 5.74) is 5.11. The van der Waals surface area contributed by atoms with Gasteiger partial charge in [0.1, 0.15) is 5.75 Å². The standard InChI is InChI=1S/C22H26N2O2.ClH/c1-26-21-13-17-9-5-8-16(17)12-18(21)14-23-22(25)20-11-10-19(24-20)15-6-3-2-4-7-15;/h2-4,6-7,12-13,19-20,24H,5,8-11,14H2,1H3,(H,23,25);1H/t19-,20-;/m1./s1. The Morgan fingerprint density at radius 1 is 1.15 bits per heavy atom. The molecular formula is C22H27ClN2O2. The molecule has 2 aromatic rings. The quantitative estimate of drug-likeness (QED) is 0.823. The molecule has 2 N–H and O–H groups in total. The van der Waals surface area contributed by atoms with Gasteiger partial charge in [0.05, 0.1) is 13.2 Å². The first-order valence-corrected chi connectivity index (χ1v) is 9.52. The van der Waals surface area contributed by atoms with Gasteiger partial charge < -0.3 is 10.1 Å². The Morgan fingerprint density at radius 3 is 2.63 bits per heavy atom. The first kappa shape index (κ1) is 19.7. The van der Waals surface area contributed by atoms with Crippen LogP contribution in [0.2, 0.25) is 0 Å². The molecule has 4 nitrogen and oxygen atoms in total. The minimum Gasteiger partial charge on any atom is -0.496 e. The van der Waals surface area contributed by atoms with E-state index in [0.717, 1.165) is 37.0 Å². The van der Waals surface area contributed by atoms with Crippen molar-refractivity contribution in [3.05, 3.63) is 64.7 Å². The lowest BCUT2D eigenvalue weighted by Gasteiger charge is -2.16. The van der Waals surface area contributed by atoms with Gasteiger partial charge in [0, 0.05) is 18.2 Å². The SMILES string of the molecule is COc1cc2c(cc1CNC(=O)[C@H]1CC[C@H](c3ccccc3)N1)CCC2.Cl. The average molecular weight is 387 g/mol. The number of ether oxygens (including phenoxy) is 1. The van der Waals surface area contributed by atoms with Crippen molar-refractivity contribution in [2.75, 3.05) is 7.11 Å². The number of aryl methyl sites for hydroxylation is 2. The first-order chi connectivity index (χ1) is 12.7. The minimum absolute atomic E-state index is 0. The van der Waals surface area contributed by atoms with Crippen LogP contribution in [0.1, 0.15) is 47.6 Å².